The van der Waals surface area contributed by atoms with Crippen molar-refractivity contribution >= 4 is 11.5 Å². The zero-order valence-corrected chi connectivity index (χ0v) is 12.0. The van der Waals surface area contributed by atoms with E-state index in [9.17, 15) is 15.0 Å². The van der Waals surface area contributed by atoms with Gasteiger partial charge in [0.15, 0.2) is 5.78 Å². The number of morpholine rings is 1. The van der Waals surface area contributed by atoms with E-state index in [2.05, 4.69) is 4.90 Å². The Labute approximate surface area is 128 Å². The molecule has 22 heavy (non-hydrogen) atoms. The molecule has 0 bridgehead atoms. The molecule has 0 aromatic heterocycles. The van der Waals surface area contributed by atoms with Gasteiger partial charge in [-0.05, 0) is 36.4 Å². The fourth-order valence-electron chi connectivity index (χ4n) is 2.50. The van der Waals surface area contributed by atoms with Crippen LogP contribution in [0.4, 0.5) is 5.69 Å². The van der Waals surface area contributed by atoms with Gasteiger partial charge in [0, 0.05) is 30.4 Å². The molecule has 1 heterocycles. The molecule has 1 fully saturated rings. The molecule has 0 saturated carbocycles. The summed E-state index contributed by atoms with van der Waals surface area (Å²) in [7, 11) is 0. The van der Waals surface area contributed by atoms with Crippen molar-refractivity contribution in [2.24, 2.45) is 0 Å². The number of carbonyl (C=O) groups excluding carboxylic acids is 1. The summed E-state index contributed by atoms with van der Waals surface area (Å²) in [6.45, 7) is 2.86. The van der Waals surface area contributed by atoms with Crippen LogP contribution in [0.5, 0.6) is 11.5 Å². The molecule has 0 aliphatic carbocycles. The van der Waals surface area contributed by atoms with Crippen LogP contribution in [-0.2, 0) is 4.74 Å². The molecule has 2 N–H and O–H groups in total. The number of aromatic hydroxyl groups is 2. The SMILES string of the molecule is O=C(c1ccc(O)cc1)c1ccc(N2CCOCC2)cc1O. The quantitative estimate of drug-likeness (QED) is 0.850. The highest BCUT2D eigenvalue weighted by Gasteiger charge is 2.17. The molecule has 5 heteroatoms. The summed E-state index contributed by atoms with van der Waals surface area (Å²) in [5.41, 5.74) is 1.55. The van der Waals surface area contributed by atoms with Gasteiger partial charge in [-0.3, -0.25) is 4.79 Å². The standard InChI is InChI=1S/C17H17NO4/c19-14-4-1-12(2-5-14)17(21)15-6-3-13(11-16(15)20)18-7-9-22-10-8-18/h1-6,11,19-20H,7-10H2. The van der Waals surface area contributed by atoms with Crippen LogP contribution in [0.25, 0.3) is 0 Å². The van der Waals surface area contributed by atoms with Crippen molar-refractivity contribution in [3.05, 3.63) is 53.6 Å². The molecule has 0 amide bonds. The summed E-state index contributed by atoms with van der Waals surface area (Å²) in [6, 6.07) is 11.0. The van der Waals surface area contributed by atoms with Gasteiger partial charge in [-0.15, -0.1) is 0 Å². The van der Waals surface area contributed by atoms with E-state index >= 15 is 0 Å². The van der Waals surface area contributed by atoms with Gasteiger partial charge in [-0.25, -0.2) is 0 Å². The second kappa shape index (κ2) is 6.07. The highest BCUT2D eigenvalue weighted by molar-refractivity contribution is 6.10. The van der Waals surface area contributed by atoms with Crippen LogP contribution in [0.15, 0.2) is 42.5 Å². The maximum atomic E-state index is 12.4. The first-order valence-electron chi connectivity index (χ1n) is 7.14. The first-order chi connectivity index (χ1) is 10.6. The first-order valence-corrected chi connectivity index (χ1v) is 7.14. The Morgan fingerprint density at radius 3 is 2.32 bits per heavy atom. The van der Waals surface area contributed by atoms with Gasteiger partial charge >= 0.3 is 0 Å². The van der Waals surface area contributed by atoms with Crippen LogP contribution in [0.2, 0.25) is 0 Å². The third kappa shape index (κ3) is 2.89. The Bertz CT molecular complexity index is 676. The van der Waals surface area contributed by atoms with E-state index in [0.29, 0.717) is 18.8 Å². The molecule has 2 aromatic carbocycles. The highest BCUT2D eigenvalue weighted by atomic mass is 16.5. The zero-order chi connectivity index (χ0) is 15.5. The van der Waals surface area contributed by atoms with E-state index in [-0.39, 0.29) is 22.8 Å². The highest BCUT2D eigenvalue weighted by Crippen LogP contribution is 2.27. The van der Waals surface area contributed by atoms with Crippen molar-refractivity contribution < 1.29 is 19.7 Å². The summed E-state index contributed by atoms with van der Waals surface area (Å²) in [6.07, 6.45) is 0. The minimum absolute atomic E-state index is 0.0398. The predicted octanol–water partition coefficient (Wildman–Crippen LogP) is 2.17. The third-order valence-corrected chi connectivity index (χ3v) is 3.73. The monoisotopic (exact) mass is 299 g/mol. The van der Waals surface area contributed by atoms with Crippen molar-refractivity contribution in [2.45, 2.75) is 0 Å². The van der Waals surface area contributed by atoms with Crippen LogP contribution in [0.3, 0.4) is 0 Å². The van der Waals surface area contributed by atoms with Gasteiger partial charge in [0.05, 0.1) is 18.8 Å². The lowest BCUT2D eigenvalue weighted by molar-refractivity contribution is 0.103. The summed E-state index contributed by atoms with van der Waals surface area (Å²) < 4.78 is 5.30. The number of nitrogens with zero attached hydrogens (tertiary/aromatic N) is 1. The van der Waals surface area contributed by atoms with Gasteiger partial charge in [0.2, 0.25) is 0 Å². The number of ketones is 1. The topological polar surface area (TPSA) is 70.0 Å². The zero-order valence-electron chi connectivity index (χ0n) is 12.0. The molecule has 5 nitrogen and oxygen atoms in total. The minimum Gasteiger partial charge on any atom is -0.508 e. The lowest BCUT2D eigenvalue weighted by atomic mass is 10.0. The number of ether oxygens (including phenoxy) is 1. The molecular formula is C17H17NO4. The van der Waals surface area contributed by atoms with Crippen molar-refractivity contribution in [1.82, 2.24) is 0 Å². The largest absolute Gasteiger partial charge is 0.508 e. The number of rotatable bonds is 3. The number of phenols is 2. The molecule has 2 aromatic rings. The molecule has 0 spiro atoms. The van der Waals surface area contributed by atoms with Crippen LogP contribution in [0.1, 0.15) is 15.9 Å². The fourth-order valence-corrected chi connectivity index (χ4v) is 2.50. The van der Waals surface area contributed by atoms with Crippen LogP contribution >= 0.6 is 0 Å². The molecule has 1 saturated heterocycles. The average Bonchev–Trinajstić information content (AvgIpc) is 2.56. The number of hydrogen-bond acceptors (Lipinski definition) is 5. The summed E-state index contributed by atoms with van der Waals surface area (Å²) in [5, 5.41) is 19.4. The van der Waals surface area contributed by atoms with E-state index in [0.717, 1.165) is 18.8 Å². The van der Waals surface area contributed by atoms with Gasteiger partial charge in [0.1, 0.15) is 11.5 Å². The average molecular weight is 299 g/mol. The molecular weight excluding hydrogens is 282 g/mol. The lowest BCUT2D eigenvalue weighted by Gasteiger charge is -2.29. The van der Waals surface area contributed by atoms with E-state index in [1.807, 2.05) is 6.07 Å². The second-order valence-electron chi connectivity index (χ2n) is 5.18. The van der Waals surface area contributed by atoms with Crippen molar-refractivity contribution in [3.63, 3.8) is 0 Å². The van der Waals surface area contributed by atoms with Crippen LogP contribution in [0, 0.1) is 0 Å². The van der Waals surface area contributed by atoms with E-state index < -0.39 is 0 Å². The van der Waals surface area contributed by atoms with Gasteiger partial charge in [0.25, 0.3) is 0 Å². The Morgan fingerprint density at radius 1 is 1.00 bits per heavy atom. The fraction of sp³-hybridized carbons (Fsp3) is 0.235. The Hall–Kier alpha value is -2.53. The van der Waals surface area contributed by atoms with E-state index in [4.69, 9.17) is 4.74 Å². The smallest absolute Gasteiger partial charge is 0.196 e. The predicted molar refractivity (Wildman–Crippen MR) is 82.7 cm³/mol. The molecule has 1 aliphatic heterocycles. The Kier molecular flexibility index (Phi) is 3.98. The van der Waals surface area contributed by atoms with E-state index in [1.165, 1.54) is 24.3 Å². The maximum absolute atomic E-state index is 12.4. The minimum atomic E-state index is -0.272. The van der Waals surface area contributed by atoms with Gasteiger partial charge < -0.3 is 19.8 Å². The number of phenolic OH excluding ortho intramolecular Hbond substituents is 2. The normalized spacial score (nSPS) is 14.8. The van der Waals surface area contributed by atoms with Crippen molar-refractivity contribution in [2.75, 3.05) is 31.2 Å². The van der Waals surface area contributed by atoms with Crippen molar-refractivity contribution in [3.8, 4) is 11.5 Å². The van der Waals surface area contributed by atoms with Gasteiger partial charge in [-0.2, -0.15) is 0 Å². The maximum Gasteiger partial charge on any atom is 0.196 e. The Balaban J connectivity index is 1.85. The second-order valence-corrected chi connectivity index (χ2v) is 5.18. The Morgan fingerprint density at radius 2 is 1.68 bits per heavy atom. The molecule has 114 valence electrons. The number of carbonyl (C=O) groups is 1. The van der Waals surface area contributed by atoms with Gasteiger partial charge in [-0.1, -0.05) is 0 Å². The molecule has 0 atom stereocenters. The molecule has 0 radical (unpaired) electrons. The molecule has 3 rings (SSSR count). The molecule has 0 unspecified atom stereocenters. The third-order valence-electron chi connectivity index (χ3n) is 3.73. The number of benzene rings is 2. The summed E-state index contributed by atoms with van der Waals surface area (Å²) >= 11 is 0. The first kappa shape index (κ1) is 14.4. The van der Waals surface area contributed by atoms with Crippen LogP contribution < -0.4 is 4.90 Å². The number of hydrogen-bond donors (Lipinski definition) is 2. The number of anilines is 1. The summed E-state index contributed by atoms with van der Waals surface area (Å²) in [5.74, 6) is -0.212. The van der Waals surface area contributed by atoms with E-state index in [1.54, 1.807) is 12.1 Å². The molecule has 1 aliphatic rings. The lowest BCUT2D eigenvalue weighted by Crippen LogP contribution is -2.36. The van der Waals surface area contributed by atoms with Crippen molar-refractivity contribution in [1.29, 1.82) is 0 Å². The summed E-state index contributed by atoms with van der Waals surface area (Å²) in [4.78, 5) is 14.5. The van der Waals surface area contributed by atoms with Crippen LogP contribution in [-0.4, -0.2) is 42.3 Å².